The molecule has 0 unspecified atom stereocenters. The number of aromatic nitrogens is 1. The highest BCUT2D eigenvalue weighted by Crippen LogP contribution is 2.34. The number of hydrogen-bond donors (Lipinski definition) is 1. The molecule has 4 nitrogen and oxygen atoms in total. The highest BCUT2D eigenvalue weighted by atomic mass is 32.1. The Morgan fingerprint density at radius 1 is 1.32 bits per heavy atom. The zero-order valence-electron chi connectivity index (χ0n) is 12.5. The number of carbonyl (C=O) groups is 1. The minimum atomic E-state index is -0.0224. The number of thiophene rings is 2. The van der Waals surface area contributed by atoms with Crippen molar-refractivity contribution in [2.24, 2.45) is 0 Å². The summed E-state index contributed by atoms with van der Waals surface area (Å²) in [6.45, 7) is 6.73. The molecular weight excluding hydrogens is 334 g/mol. The summed E-state index contributed by atoms with van der Waals surface area (Å²) in [6.07, 6.45) is 0. The minimum absolute atomic E-state index is 0.0224. The van der Waals surface area contributed by atoms with Gasteiger partial charge in [-0.25, -0.2) is 4.98 Å². The fraction of sp³-hybridized carbons (Fsp3) is 0.333. The van der Waals surface area contributed by atoms with Gasteiger partial charge in [-0.2, -0.15) is 11.3 Å². The number of anilines is 1. The molecule has 0 spiro atoms. The Kier molecular flexibility index (Phi) is 4.75. The summed E-state index contributed by atoms with van der Waals surface area (Å²) in [5.41, 5.74) is 1.14. The number of nitrogens with zero attached hydrogens (tertiary/aromatic N) is 2. The quantitative estimate of drug-likeness (QED) is 0.724. The molecule has 3 heterocycles. The van der Waals surface area contributed by atoms with Crippen molar-refractivity contribution >= 4 is 54.6 Å². The molecule has 1 N–H and O–H groups in total. The van der Waals surface area contributed by atoms with Crippen LogP contribution in [0.1, 0.15) is 29.1 Å². The van der Waals surface area contributed by atoms with E-state index in [1.54, 1.807) is 22.7 Å². The largest absolute Gasteiger partial charge is 0.349 e. The summed E-state index contributed by atoms with van der Waals surface area (Å²) < 4.78 is 1.09. The van der Waals surface area contributed by atoms with Crippen molar-refractivity contribution in [1.82, 2.24) is 10.3 Å². The lowest BCUT2D eigenvalue weighted by Gasteiger charge is -2.16. The molecule has 3 aromatic rings. The zero-order chi connectivity index (χ0) is 15.5. The van der Waals surface area contributed by atoms with Gasteiger partial charge >= 0.3 is 0 Å². The normalized spacial score (nSPS) is 11.0. The first-order valence-electron chi connectivity index (χ1n) is 7.15. The lowest BCUT2D eigenvalue weighted by Crippen LogP contribution is -2.21. The highest BCUT2D eigenvalue weighted by molar-refractivity contribution is 7.29. The van der Waals surface area contributed by atoms with Crippen molar-refractivity contribution in [3.05, 3.63) is 33.3 Å². The summed E-state index contributed by atoms with van der Waals surface area (Å²) >= 11 is 4.76. The Morgan fingerprint density at radius 2 is 2.14 bits per heavy atom. The SMILES string of the molecule is CCN(CC)c1nc2sc(C(=O)NCc3ccsc3)cc2s1. The van der Waals surface area contributed by atoms with Gasteiger partial charge < -0.3 is 10.2 Å². The molecule has 0 radical (unpaired) electrons. The van der Waals surface area contributed by atoms with Crippen LogP contribution in [-0.4, -0.2) is 24.0 Å². The third-order valence-corrected chi connectivity index (χ3v) is 6.32. The number of thiazole rings is 1. The van der Waals surface area contributed by atoms with Gasteiger partial charge in [0, 0.05) is 19.6 Å². The van der Waals surface area contributed by atoms with E-state index in [2.05, 4.69) is 29.0 Å². The van der Waals surface area contributed by atoms with Crippen LogP contribution >= 0.6 is 34.0 Å². The molecule has 7 heteroatoms. The van der Waals surface area contributed by atoms with E-state index in [-0.39, 0.29) is 5.91 Å². The molecule has 22 heavy (non-hydrogen) atoms. The van der Waals surface area contributed by atoms with Gasteiger partial charge in [0.25, 0.3) is 5.91 Å². The molecule has 0 bridgehead atoms. The van der Waals surface area contributed by atoms with E-state index in [1.807, 2.05) is 22.9 Å². The maximum atomic E-state index is 12.2. The van der Waals surface area contributed by atoms with Gasteiger partial charge in [-0.15, -0.1) is 11.3 Å². The van der Waals surface area contributed by atoms with Crippen LogP contribution < -0.4 is 10.2 Å². The van der Waals surface area contributed by atoms with Crippen molar-refractivity contribution in [3.63, 3.8) is 0 Å². The fourth-order valence-electron chi connectivity index (χ4n) is 2.13. The Morgan fingerprint density at radius 3 is 2.77 bits per heavy atom. The van der Waals surface area contributed by atoms with E-state index >= 15 is 0 Å². The van der Waals surface area contributed by atoms with Crippen LogP contribution in [0.25, 0.3) is 9.53 Å². The number of carbonyl (C=O) groups excluding carboxylic acids is 1. The van der Waals surface area contributed by atoms with Crippen LogP contribution in [0.3, 0.4) is 0 Å². The Labute approximate surface area is 141 Å². The predicted octanol–water partition coefficient (Wildman–Crippen LogP) is 4.20. The standard InChI is InChI=1S/C15H17N3OS3/c1-3-18(4-2)15-17-14-12(22-15)7-11(21-14)13(19)16-8-10-5-6-20-9-10/h5-7,9H,3-4,8H2,1-2H3,(H,16,19). The number of nitrogens with one attached hydrogen (secondary N) is 1. The van der Waals surface area contributed by atoms with Gasteiger partial charge in [0.15, 0.2) is 5.13 Å². The van der Waals surface area contributed by atoms with E-state index in [0.29, 0.717) is 6.54 Å². The van der Waals surface area contributed by atoms with Crippen molar-refractivity contribution in [1.29, 1.82) is 0 Å². The molecule has 3 rings (SSSR count). The number of amides is 1. The molecule has 0 aromatic carbocycles. The molecule has 0 aliphatic carbocycles. The Bertz CT molecular complexity index is 725. The van der Waals surface area contributed by atoms with Gasteiger partial charge in [-0.3, -0.25) is 4.79 Å². The minimum Gasteiger partial charge on any atom is -0.349 e. The Hall–Kier alpha value is -1.44. The summed E-state index contributed by atoms with van der Waals surface area (Å²) in [7, 11) is 0. The first-order chi connectivity index (χ1) is 10.7. The topological polar surface area (TPSA) is 45.2 Å². The molecule has 0 saturated carbocycles. The van der Waals surface area contributed by atoms with Crippen molar-refractivity contribution in [2.45, 2.75) is 20.4 Å². The summed E-state index contributed by atoms with van der Waals surface area (Å²) in [5.74, 6) is -0.0224. The van der Waals surface area contributed by atoms with Crippen LogP contribution in [0.2, 0.25) is 0 Å². The van der Waals surface area contributed by atoms with Gasteiger partial charge in [0.05, 0.1) is 9.58 Å². The smallest absolute Gasteiger partial charge is 0.261 e. The molecule has 0 aliphatic heterocycles. The highest BCUT2D eigenvalue weighted by Gasteiger charge is 2.15. The van der Waals surface area contributed by atoms with Gasteiger partial charge in [0.2, 0.25) is 0 Å². The molecule has 0 saturated heterocycles. The van der Waals surface area contributed by atoms with Crippen LogP contribution in [-0.2, 0) is 6.54 Å². The second-order valence-electron chi connectivity index (χ2n) is 4.76. The maximum absolute atomic E-state index is 12.2. The first-order valence-corrected chi connectivity index (χ1v) is 9.73. The lowest BCUT2D eigenvalue weighted by atomic mass is 10.3. The van der Waals surface area contributed by atoms with E-state index in [4.69, 9.17) is 0 Å². The lowest BCUT2D eigenvalue weighted by molar-refractivity contribution is 0.0955. The van der Waals surface area contributed by atoms with E-state index in [1.165, 1.54) is 11.3 Å². The molecule has 0 atom stereocenters. The third kappa shape index (κ3) is 3.16. The third-order valence-electron chi connectivity index (χ3n) is 3.37. The number of fused-ring (bicyclic) bond motifs is 1. The summed E-state index contributed by atoms with van der Waals surface area (Å²) in [5, 5.41) is 8.06. The summed E-state index contributed by atoms with van der Waals surface area (Å²) in [6, 6.07) is 3.98. The van der Waals surface area contributed by atoms with Crippen LogP contribution in [0.4, 0.5) is 5.13 Å². The maximum Gasteiger partial charge on any atom is 0.261 e. The van der Waals surface area contributed by atoms with Crippen LogP contribution in [0.5, 0.6) is 0 Å². The van der Waals surface area contributed by atoms with Crippen molar-refractivity contribution < 1.29 is 4.79 Å². The predicted molar refractivity (Wildman–Crippen MR) is 96.5 cm³/mol. The first kappa shape index (κ1) is 15.5. The zero-order valence-corrected chi connectivity index (χ0v) is 14.9. The fourth-order valence-corrected chi connectivity index (χ4v) is 5.05. The molecule has 1 amide bonds. The van der Waals surface area contributed by atoms with E-state index in [0.717, 1.165) is 38.2 Å². The second kappa shape index (κ2) is 6.76. The van der Waals surface area contributed by atoms with Crippen LogP contribution in [0.15, 0.2) is 22.9 Å². The monoisotopic (exact) mass is 351 g/mol. The average Bonchev–Trinajstić information content (AvgIpc) is 3.21. The Balaban J connectivity index is 1.72. The van der Waals surface area contributed by atoms with Gasteiger partial charge in [-0.1, -0.05) is 11.3 Å². The van der Waals surface area contributed by atoms with Crippen molar-refractivity contribution in [2.75, 3.05) is 18.0 Å². The van der Waals surface area contributed by atoms with Gasteiger partial charge in [-0.05, 0) is 42.3 Å². The number of rotatable bonds is 6. The molecule has 0 fully saturated rings. The summed E-state index contributed by atoms with van der Waals surface area (Å²) in [4.78, 5) is 20.8. The van der Waals surface area contributed by atoms with Crippen molar-refractivity contribution in [3.8, 4) is 0 Å². The average molecular weight is 352 g/mol. The van der Waals surface area contributed by atoms with Gasteiger partial charge in [0.1, 0.15) is 4.83 Å². The van der Waals surface area contributed by atoms with E-state index in [9.17, 15) is 4.79 Å². The molecule has 3 aromatic heterocycles. The second-order valence-corrected chi connectivity index (χ2v) is 7.58. The molecular formula is C15H17N3OS3. The molecule has 0 aliphatic rings. The van der Waals surface area contributed by atoms with Crippen LogP contribution in [0, 0.1) is 0 Å². The molecule has 116 valence electrons. The number of hydrogen-bond acceptors (Lipinski definition) is 6. The van der Waals surface area contributed by atoms with E-state index < -0.39 is 0 Å².